The van der Waals surface area contributed by atoms with E-state index in [0.717, 1.165) is 6.42 Å². The van der Waals surface area contributed by atoms with Gasteiger partial charge in [-0.2, -0.15) is 0 Å². The maximum absolute atomic E-state index is 10.3. The van der Waals surface area contributed by atoms with Crippen LogP contribution in [0.5, 0.6) is 0 Å². The van der Waals surface area contributed by atoms with Gasteiger partial charge < -0.3 is 24.8 Å². The average Bonchev–Trinajstić information content (AvgIpc) is 2.73. The molecular weight excluding hydrogens is 284 g/mol. The summed E-state index contributed by atoms with van der Waals surface area (Å²) >= 11 is 0. The van der Waals surface area contributed by atoms with Crippen LogP contribution in [0.2, 0.25) is 0 Å². The van der Waals surface area contributed by atoms with E-state index in [0.29, 0.717) is 25.2 Å². The van der Waals surface area contributed by atoms with E-state index in [1.54, 1.807) is 0 Å². The molecule has 1 aliphatic rings. The molecule has 0 spiro atoms. The molecule has 1 heterocycles. The minimum atomic E-state index is -0.649. The second kappa shape index (κ2) is 10.3. The summed E-state index contributed by atoms with van der Waals surface area (Å²) in [5.74, 6) is 0.277. The predicted molar refractivity (Wildman–Crippen MR) is 85.3 cm³/mol. The van der Waals surface area contributed by atoms with Gasteiger partial charge in [0.2, 0.25) is 0 Å². The van der Waals surface area contributed by atoms with Gasteiger partial charge >= 0.3 is 0 Å². The lowest BCUT2D eigenvalue weighted by Crippen LogP contribution is -2.31. The maximum Gasteiger partial charge on any atom is 0.163 e. The summed E-state index contributed by atoms with van der Waals surface area (Å²) in [7, 11) is 0. The van der Waals surface area contributed by atoms with Crippen molar-refractivity contribution in [2.24, 2.45) is 11.8 Å². The molecular formula is C17H32O5. The van der Waals surface area contributed by atoms with Crippen molar-refractivity contribution in [3.8, 4) is 0 Å². The number of ether oxygens (including phenoxy) is 2. The molecule has 5 heteroatoms. The highest BCUT2D eigenvalue weighted by Crippen LogP contribution is 2.34. The van der Waals surface area contributed by atoms with Crippen LogP contribution in [-0.2, 0) is 9.47 Å². The lowest BCUT2D eigenvalue weighted by molar-refractivity contribution is -0.178. The van der Waals surface area contributed by atoms with Gasteiger partial charge in [-0.1, -0.05) is 19.1 Å². The van der Waals surface area contributed by atoms with Crippen LogP contribution in [0.1, 0.15) is 46.5 Å². The Morgan fingerprint density at radius 3 is 2.50 bits per heavy atom. The third kappa shape index (κ3) is 5.97. The van der Waals surface area contributed by atoms with Crippen molar-refractivity contribution in [2.75, 3.05) is 13.2 Å². The fourth-order valence-electron chi connectivity index (χ4n) is 3.14. The molecule has 1 aliphatic heterocycles. The summed E-state index contributed by atoms with van der Waals surface area (Å²) in [5.41, 5.74) is 0. The summed E-state index contributed by atoms with van der Waals surface area (Å²) < 4.78 is 11.8. The topological polar surface area (TPSA) is 79.2 Å². The quantitative estimate of drug-likeness (QED) is 0.536. The summed E-state index contributed by atoms with van der Waals surface area (Å²) in [6.45, 7) is 6.23. The van der Waals surface area contributed by atoms with Crippen LogP contribution in [0.4, 0.5) is 0 Å². The lowest BCUT2D eigenvalue weighted by Gasteiger charge is -2.25. The second-order valence-corrected chi connectivity index (χ2v) is 6.26. The van der Waals surface area contributed by atoms with Crippen LogP contribution in [0.3, 0.4) is 0 Å². The molecule has 5 nitrogen and oxygen atoms in total. The second-order valence-electron chi connectivity index (χ2n) is 6.26. The van der Waals surface area contributed by atoms with Gasteiger partial charge in [-0.05, 0) is 45.4 Å². The van der Waals surface area contributed by atoms with Crippen molar-refractivity contribution >= 4 is 0 Å². The molecule has 1 fully saturated rings. The van der Waals surface area contributed by atoms with Crippen molar-refractivity contribution in [3.05, 3.63) is 12.2 Å². The van der Waals surface area contributed by atoms with Crippen LogP contribution in [-0.4, -0.2) is 53.1 Å². The van der Waals surface area contributed by atoms with Gasteiger partial charge in [0.25, 0.3) is 0 Å². The Bertz CT molecular complexity index is 320. The Labute approximate surface area is 133 Å². The van der Waals surface area contributed by atoms with Gasteiger partial charge in [-0.25, -0.2) is 0 Å². The molecule has 0 aromatic carbocycles. The van der Waals surface area contributed by atoms with Gasteiger partial charge in [0.05, 0.1) is 18.3 Å². The Balaban J connectivity index is 2.59. The zero-order chi connectivity index (χ0) is 16.5. The number of hydrogen-bond donors (Lipinski definition) is 3. The van der Waals surface area contributed by atoms with Gasteiger partial charge in [0.15, 0.2) is 6.29 Å². The smallest absolute Gasteiger partial charge is 0.163 e. The van der Waals surface area contributed by atoms with Crippen molar-refractivity contribution in [2.45, 2.75) is 71.1 Å². The highest BCUT2D eigenvalue weighted by molar-refractivity contribution is 4.88. The van der Waals surface area contributed by atoms with Crippen LogP contribution >= 0.6 is 0 Å². The monoisotopic (exact) mass is 316 g/mol. The largest absolute Gasteiger partial charge is 0.396 e. The first-order valence-electron chi connectivity index (χ1n) is 8.37. The number of aliphatic hydroxyl groups excluding tert-OH is 3. The lowest BCUT2D eigenvalue weighted by atomic mass is 9.94. The first-order chi connectivity index (χ1) is 10.5. The van der Waals surface area contributed by atoms with Crippen LogP contribution in [0.15, 0.2) is 12.2 Å². The van der Waals surface area contributed by atoms with E-state index in [9.17, 15) is 5.11 Å². The van der Waals surface area contributed by atoms with Crippen molar-refractivity contribution in [1.82, 2.24) is 0 Å². The van der Waals surface area contributed by atoms with Crippen LogP contribution < -0.4 is 0 Å². The molecule has 0 radical (unpaired) electrons. The first kappa shape index (κ1) is 19.6. The predicted octanol–water partition coefficient (Wildman–Crippen LogP) is 1.85. The Kier molecular flexibility index (Phi) is 9.21. The Hall–Kier alpha value is -0.460. The average molecular weight is 316 g/mol. The van der Waals surface area contributed by atoms with E-state index in [1.165, 1.54) is 0 Å². The standard InChI is InChI=1S/C17H32O5/c1-4-6-12(2)11-13(3)21-17-14(7-5-9-18)16(20)15(22-17)8-10-19/h4,6,12-20H,5,7-11H2,1-3H3/b6-4-. The fraction of sp³-hybridized carbons (Fsp3) is 0.882. The van der Waals surface area contributed by atoms with Crippen molar-refractivity contribution in [1.29, 1.82) is 0 Å². The molecule has 0 amide bonds. The fourth-order valence-corrected chi connectivity index (χ4v) is 3.14. The molecule has 0 aliphatic carbocycles. The molecule has 3 N–H and O–H groups in total. The number of allylic oxidation sites excluding steroid dienone is 2. The van der Waals surface area contributed by atoms with Gasteiger partial charge in [0, 0.05) is 19.1 Å². The van der Waals surface area contributed by atoms with E-state index < -0.39 is 12.4 Å². The first-order valence-corrected chi connectivity index (χ1v) is 8.37. The van der Waals surface area contributed by atoms with Crippen LogP contribution in [0.25, 0.3) is 0 Å². The zero-order valence-electron chi connectivity index (χ0n) is 14.0. The molecule has 0 bridgehead atoms. The van der Waals surface area contributed by atoms with E-state index in [2.05, 4.69) is 13.0 Å². The molecule has 1 rings (SSSR count). The van der Waals surface area contributed by atoms with E-state index >= 15 is 0 Å². The molecule has 22 heavy (non-hydrogen) atoms. The van der Waals surface area contributed by atoms with Crippen molar-refractivity contribution in [3.63, 3.8) is 0 Å². The highest BCUT2D eigenvalue weighted by Gasteiger charge is 2.43. The molecule has 0 aromatic rings. The SMILES string of the molecule is C/C=C\C(C)CC(C)OC1OC(CCO)C(O)C1CCCO. The van der Waals surface area contributed by atoms with Gasteiger partial charge in [-0.3, -0.25) is 0 Å². The highest BCUT2D eigenvalue weighted by atomic mass is 16.7. The third-order valence-corrected chi connectivity index (χ3v) is 4.18. The Morgan fingerprint density at radius 1 is 1.18 bits per heavy atom. The summed E-state index contributed by atoms with van der Waals surface area (Å²) in [6, 6.07) is 0. The minimum Gasteiger partial charge on any atom is -0.396 e. The minimum absolute atomic E-state index is 0.0188. The molecule has 0 aromatic heterocycles. The molecule has 1 saturated heterocycles. The zero-order valence-corrected chi connectivity index (χ0v) is 14.0. The van der Waals surface area contributed by atoms with Crippen LogP contribution in [0, 0.1) is 11.8 Å². The third-order valence-electron chi connectivity index (χ3n) is 4.18. The number of aliphatic hydroxyl groups is 3. The molecule has 130 valence electrons. The van der Waals surface area contributed by atoms with Gasteiger partial charge in [-0.15, -0.1) is 0 Å². The Morgan fingerprint density at radius 2 is 1.91 bits per heavy atom. The number of hydrogen-bond acceptors (Lipinski definition) is 5. The molecule has 6 atom stereocenters. The summed E-state index contributed by atoms with van der Waals surface area (Å²) in [4.78, 5) is 0. The number of rotatable bonds is 10. The normalized spacial score (nSPS) is 31.7. The maximum atomic E-state index is 10.3. The molecule has 0 saturated carbocycles. The van der Waals surface area contributed by atoms with Gasteiger partial charge in [0.1, 0.15) is 0 Å². The summed E-state index contributed by atoms with van der Waals surface area (Å²) in [5, 5.41) is 28.4. The molecule has 6 unspecified atom stereocenters. The van der Waals surface area contributed by atoms with E-state index in [-0.39, 0.29) is 31.3 Å². The van der Waals surface area contributed by atoms with E-state index in [1.807, 2.05) is 19.9 Å². The summed E-state index contributed by atoms with van der Waals surface area (Å²) in [6.07, 6.45) is 5.25. The van der Waals surface area contributed by atoms with Crippen molar-refractivity contribution < 1.29 is 24.8 Å². The van der Waals surface area contributed by atoms with E-state index in [4.69, 9.17) is 19.7 Å².